The Balaban J connectivity index is 2.05. The first kappa shape index (κ1) is 13.2. The van der Waals surface area contributed by atoms with Crippen LogP contribution in [0.1, 0.15) is 45.2 Å². The molecular formula is C15H23NO2. The van der Waals surface area contributed by atoms with Crippen LogP contribution < -0.4 is 14.8 Å². The molecule has 0 saturated carbocycles. The number of fused-ring (bicyclic) bond motifs is 1. The van der Waals surface area contributed by atoms with E-state index >= 15 is 0 Å². The van der Waals surface area contributed by atoms with Gasteiger partial charge in [-0.1, -0.05) is 13.8 Å². The van der Waals surface area contributed by atoms with Crippen molar-refractivity contribution in [3.05, 3.63) is 23.8 Å². The standard InChI is InChI=1S/C15H23NO2/c1-4-8-16-14-10-17-15-9-12(6-7-13(14)15)18-11(3)5-2/h6-7,9,11,14,16H,4-5,8,10H2,1-3H3. The van der Waals surface area contributed by atoms with Gasteiger partial charge in [0, 0.05) is 11.6 Å². The zero-order chi connectivity index (χ0) is 13.0. The molecule has 0 aliphatic carbocycles. The van der Waals surface area contributed by atoms with Crippen molar-refractivity contribution < 1.29 is 9.47 Å². The van der Waals surface area contributed by atoms with Crippen LogP contribution in [0.3, 0.4) is 0 Å². The van der Waals surface area contributed by atoms with Gasteiger partial charge in [0.2, 0.25) is 0 Å². The predicted molar refractivity (Wildman–Crippen MR) is 73.4 cm³/mol. The van der Waals surface area contributed by atoms with Gasteiger partial charge in [0.15, 0.2) is 0 Å². The van der Waals surface area contributed by atoms with E-state index in [-0.39, 0.29) is 6.10 Å². The fraction of sp³-hybridized carbons (Fsp3) is 0.600. The van der Waals surface area contributed by atoms with E-state index in [1.54, 1.807) is 0 Å². The first-order chi connectivity index (χ1) is 8.74. The topological polar surface area (TPSA) is 30.5 Å². The SMILES string of the molecule is CCCNC1COc2cc(OC(C)CC)ccc21. The lowest BCUT2D eigenvalue weighted by molar-refractivity contribution is 0.216. The summed E-state index contributed by atoms with van der Waals surface area (Å²) in [6.45, 7) is 8.13. The Bertz CT molecular complexity index is 392. The molecule has 100 valence electrons. The molecule has 0 spiro atoms. The van der Waals surface area contributed by atoms with E-state index in [0.717, 1.165) is 37.5 Å². The van der Waals surface area contributed by atoms with Crippen LogP contribution in [0.15, 0.2) is 18.2 Å². The molecule has 0 radical (unpaired) electrons. The molecule has 3 heteroatoms. The second kappa shape index (κ2) is 6.10. The minimum atomic E-state index is 0.249. The number of hydrogen-bond donors (Lipinski definition) is 1. The summed E-state index contributed by atoms with van der Waals surface area (Å²) in [4.78, 5) is 0. The third kappa shape index (κ3) is 2.96. The third-order valence-corrected chi connectivity index (χ3v) is 3.32. The van der Waals surface area contributed by atoms with Crippen molar-refractivity contribution in [2.24, 2.45) is 0 Å². The zero-order valence-corrected chi connectivity index (χ0v) is 11.5. The summed E-state index contributed by atoms with van der Waals surface area (Å²) in [5, 5.41) is 3.49. The van der Waals surface area contributed by atoms with Gasteiger partial charge in [0.25, 0.3) is 0 Å². The largest absolute Gasteiger partial charge is 0.491 e. The molecule has 1 N–H and O–H groups in total. The molecule has 1 aromatic carbocycles. The lowest BCUT2D eigenvalue weighted by atomic mass is 10.1. The number of hydrogen-bond acceptors (Lipinski definition) is 3. The number of rotatable bonds is 6. The van der Waals surface area contributed by atoms with Crippen molar-refractivity contribution in [1.82, 2.24) is 5.32 Å². The van der Waals surface area contributed by atoms with E-state index in [1.807, 2.05) is 12.1 Å². The molecule has 18 heavy (non-hydrogen) atoms. The smallest absolute Gasteiger partial charge is 0.128 e. The maximum Gasteiger partial charge on any atom is 0.128 e. The van der Waals surface area contributed by atoms with Crippen LogP contribution in [-0.4, -0.2) is 19.3 Å². The molecule has 0 fully saturated rings. The fourth-order valence-corrected chi connectivity index (χ4v) is 2.07. The highest BCUT2D eigenvalue weighted by molar-refractivity contribution is 5.45. The second-order valence-electron chi connectivity index (χ2n) is 4.85. The van der Waals surface area contributed by atoms with Gasteiger partial charge < -0.3 is 14.8 Å². The van der Waals surface area contributed by atoms with E-state index < -0.39 is 0 Å². The Morgan fingerprint density at radius 3 is 3.00 bits per heavy atom. The van der Waals surface area contributed by atoms with Crippen LogP contribution in [-0.2, 0) is 0 Å². The minimum absolute atomic E-state index is 0.249. The van der Waals surface area contributed by atoms with Crippen molar-refractivity contribution in [2.75, 3.05) is 13.2 Å². The third-order valence-electron chi connectivity index (χ3n) is 3.32. The van der Waals surface area contributed by atoms with Gasteiger partial charge in [-0.15, -0.1) is 0 Å². The molecule has 0 aromatic heterocycles. The summed E-state index contributed by atoms with van der Waals surface area (Å²) in [5.74, 6) is 1.86. The molecule has 2 atom stereocenters. The van der Waals surface area contributed by atoms with Gasteiger partial charge in [0.05, 0.1) is 12.1 Å². The van der Waals surface area contributed by atoms with Gasteiger partial charge in [-0.3, -0.25) is 0 Å². The molecular weight excluding hydrogens is 226 g/mol. The first-order valence-electron chi connectivity index (χ1n) is 6.91. The van der Waals surface area contributed by atoms with Crippen molar-refractivity contribution in [3.63, 3.8) is 0 Å². The molecule has 1 aromatic rings. The number of ether oxygens (including phenoxy) is 2. The second-order valence-corrected chi connectivity index (χ2v) is 4.85. The molecule has 2 unspecified atom stereocenters. The molecule has 1 aliphatic heterocycles. The minimum Gasteiger partial charge on any atom is -0.491 e. The summed E-state index contributed by atoms with van der Waals surface area (Å²) in [6.07, 6.45) is 2.40. The van der Waals surface area contributed by atoms with Crippen LogP contribution in [0.4, 0.5) is 0 Å². The Kier molecular flexibility index (Phi) is 4.48. The van der Waals surface area contributed by atoms with E-state index in [4.69, 9.17) is 9.47 Å². The quantitative estimate of drug-likeness (QED) is 0.839. The molecule has 0 amide bonds. The van der Waals surface area contributed by atoms with Gasteiger partial charge in [-0.2, -0.15) is 0 Å². The molecule has 0 saturated heterocycles. The average molecular weight is 249 g/mol. The van der Waals surface area contributed by atoms with Crippen molar-refractivity contribution in [1.29, 1.82) is 0 Å². The maximum atomic E-state index is 5.80. The predicted octanol–water partition coefficient (Wildman–Crippen LogP) is 3.30. The highest BCUT2D eigenvalue weighted by Crippen LogP contribution is 2.35. The van der Waals surface area contributed by atoms with Gasteiger partial charge in [-0.05, 0) is 38.4 Å². The van der Waals surface area contributed by atoms with Crippen molar-refractivity contribution >= 4 is 0 Å². The van der Waals surface area contributed by atoms with E-state index in [0.29, 0.717) is 6.04 Å². The average Bonchev–Trinajstić information content (AvgIpc) is 2.78. The molecule has 0 bridgehead atoms. The molecule has 1 aliphatic rings. The summed E-state index contributed by atoms with van der Waals surface area (Å²) in [6, 6.07) is 6.50. The van der Waals surface area contributed by atoms with Crippen LogP contribution >= 0.6 is 0 Å². The lowest BCUT2D eigenvalue weighted by Crippen LogP contribution is -2.22. The maximum absolute atomic E-state index is 5.80. The summed E-state index contributed by atoms with van der Waals surface area (Å²) < 4.78 is 11.5. The van der Waals surface area contributed by atoms with Crippen LogP contribution in [0.5, 0.6) is 11.5 Å². The fourth-order valence-electron chi connectivity index (χ4n) is 2.07. The Labute approximate surface area is 109 Å². The first-order valence-corrected chi connectivity index (χ1v) is 6.91. The van der Waals surface area contributed by atoms with E-state index in [2.05, 4.69) is 32.2 Å². The lowest BCUT2D eigenvalue weighted by Gasteiger charge is -2.14. The van der Waals surface area contributed by atoms with E-state index in [1.165, 1.54) is 5.56 Å². The van der Waals surface area contributed by atoms with Crippen molar-refractivity contribution in [3.8, 4) is 11.5 Å². The highest BCUT2D eigenvalue weighted by Gasteiger charge is 2.23. The highest BCUT2D eigenvalue weighted by atomic mass is 16.5. The molecule has 2 rings (SSSR count). The van der Waals surface area contributed by atoms with Gasteiger partial charge in [0.1, 0.15) is 18.1 Å². The van der Waals surface area contributed by atoms with Crippen LogP contribution in [0, 0.1) is 0 Å². The summed E-state index contributed by atoms with van der Waals surface area (Å²) in [5.41, 5.74) is 1.25. The zero-order valence-electron chi connectivity index (χ0n) is 11.5. The van der Waals surface area contributed by atoms with Crippen LogP contribution in [0.2, 0.25) is 0 Å². The number of nitrogens with one attached hydrogen (secondary N) is 1. The Morgan fingerprint density at radius 2 is 2.28 bits per heavy atom. The number of benzene rings is 1. The Morgan fingerprint density at radius 1 is 1.44 bits per heavy atom. The van der Waals surface area contributed by atoms with Crippen LogP contribution in [0.25, 0.3) is 0 Å². The monoisotopic (exact) mass is 249 g/mol. The Hall–Kier alpha value is -1.22. The van der Waals surface area contributed by atoms with E-state index in [9.17, 15) is 0 Å². The molecule has 3 nitrogen and oxygen atoms in total. The normalized spacial score (nSPS) is 19.2. The van der Waals surface area contributed by atoms with Gasteiger partial charge in [-0.25, -0.2) is 0 Å². The van der Waals surface area contributed by atoms with Crippen molar-refractivity contribution in [2.45, 2.75) is 45.8 Å². The summed E-state index contributed by atoms with van der Waals surface area (Å²) in [7, 11) is 0. The molecule has 1 heterocycles. The summed E-state index contributed by atoms with van der Waals surface area (Å²) >= 11 is 0. The van der Waals surface area contributed by atoms with Gasteiger partial charge >= 0.3 is 0 Å².